The van der Waals surface area contributed by atoms with Crippen LogP contribution >= 0.6 is 97.5 Å². The van der Waals surface area contributed by atoms with E-state index in [1.54, 1.807) is 45.5 Å². The van der Waals surface area contributed by atoms with Crippen LogP contribution in [0, 0.1) is 0 Å². The van der Waals surface area contributed by atoms with Gasteiger partial charge in [-0.3, -0.25) is 38.4 Å². The van der Waals surface area contributed by atoms with E-state index in [1.165, 1.54) is 72.9 Å². The number of allylic oxidation sites excluding steroid dienone is 16. The van der Waals surface area contributed by atoms with E-state index in [0.29, 0.717) is 19.6 Å². The Kier molecular flexibility index (Phi) is 29.4. The smallest absolute Gasteiger partial charge is 0.195 e. The van der Waals surface area contributed by atoms with Crippen molar-refractivity contribution in [3.05, 3.63) is 92.5 Å². The lowest BCUT2D eigenvalue weighted by atomic mass is 10.2. The fourth-order valence-electron chi connectivity index (χ4n) is 3.42. The Bertz CT molecular complexity index is 1650. The van der Waals surface area contributed by atoms with Crippen molar-refractivity contribution in [3.8, 4) is 0 Å². The van der Waals surface area contributed by atoms with Crippen molar-refractivity contribution in [2.45, 2.75) is 0 Å². The third kappa shape index (κ3) is 36.1. The summed E-state index contributed by atoms with van der Waals surface area (Å²) >= 11 is 14.8. The summed E-state index contributed by atoms with van der Waals surface area (Å²) in [5.74, 6) is -0.518. The molecule has 4 aliphatic rings. The van der Waals surface area contributed by atoms with Gasteiger partial charge in [0.25, 0.3) is 0 Å². The van der Waals surface area contributed by atoms with Crippen LogP contribution in [0.5, 0.6) is 0 Å². The van der Waals surface area contributed by atoms with Gasteiger partial charge in [0.15, 0.2) is 46.3 Å². The molecule has 0 saturated heterocycles. The number of ketones is 8. The number of hydrogen-bond acceptors (Lipinski definition) is 14. The zero-order valence-electron chi connectivity index (χ0n) is 37.4. The predicted molar refractivity (Wildman–Crippen MR) is 292 cm³/mol. The molecule has 0 aromatic rings. The summed E-state index contributed by atoms with van der Waals surface area (Å²) in [5.41, 5.74) is 0. The first-order valence-corrected chi connectivity index (χ1v) is 42.5. The van der Waals surface area contributed by atoms with Gasteiger partial charge in [-0.1, -0.05) is 11.8 Å². The highest BCUT2D eigenvalue weighted by Gasteiger charge is 2.30. The number of hydrogen-bond donors (Lipinski definition) is 1. The lowest BCUT2D eigenvalue weighted by Gasteiger charge is -2.11. The first-order valence-electron chi connectivity index (χ1n) is 17.7. The highest BCUT2D eigenvalue weighted by molar-refractivity contribution is 8.65. The topological polar surface area (TPSA) is 137 Å². The van der Waals surface area contributed by atoms with E-state index in [2.05, 4.69) is 124 Å². The van der Waals surface area contributed by atoms with Crippen molar-refractivity contribution in [2.24, 2.45) is 0 Å². The van der Waals surface area contributed by atoms with Gasteiger partial charge in [-0.2, -0.15) is 0 Å². The van der Waals surface area contributed by atoms with Crippen LogP contribution in [0.15, 0.2) is 92.5 Å². The minimum absolute atomic E-state index is 0.0421. The lowest BCUT2D eigenvalue weighted by Crippen LogP contribution is -2.05. The summed E-state index contributed by atoms with van der Waals surface area (Å²) < 4.78 is 0. The third-order valence-corrected chi connectivity index (χ3v) is 18.3. The quantitative estimate of drug-likeness (QED) is 0.140. The Hall–Kier alpha value is -0.300. The molecule has 0 saturated carbocycles. The molecule has 0 atom stereocenters. The van der Waals surface area contributed by atoms with E-state index >= 15 is 0 Å². The summed E-state index contributed by atoms with van der Waals surface area (Å²) in [6.07, 6.45) is 16.4. The summed E-state index contributed by atoms with van der Waals surface area (Å²) in [7, 11) is 1.00. The lowest BCUT2D eigenvalue weighted by molar-refractivity contribution is -0.114. The van der Waals surface area contributed by atoms with Gasteiger partial charge >= 0.3 is 0 Å². The molecule has 20 heteroatoms. The maximum atomic E-state index is 11.3. The minimum atomic E-state index is -1.11. The standard InChI is InChI=1S/4C9H12O2PS.C3H10PS.CH3PS/c4*1-12(2,3)13-9-6-7(10)4-5-8(9)11;1-4(2,3)5;1-2-3/h4*4-6H,1-3H3;5H,1-3H3;1H3/q5*+1;. The van der Waals surface area contributed by atoms with Crippen LogP contribution in [0.2, 0.25) is 0 Å². The first kappa shape index (κ1) is 61.8. The van der Waals surface area contributed by atoms with Crippen molar-refractivity contribution in [2.75, 3.05) is 107 Å². The third-order valence-electron chi connectivity index (χ3n) is 5.15. The van der Waals surface area contributed by atoms with Crippen molar-refractivity contribution in [1.82, 2.24) is 0 Å². The van der Waals surface area contributed by atoms with E-state index in [4.69, 9.17) is 0 Å². The molecule has 0 spiro atoms. The Labute approximate surface area is 390 Å². The van der Waals surface area contributed by atoms with Crippen molar-refractivity contribution in [1.29, 1.82) is 0 Å². The Balaban J connectivity index is 0. The molecule has 4 aliphatic carbocycles. The van der Waals surface area contributed by atoms with Crippen LogP contribution in [-0.4, -0.2) is 153 Å². The van der Waals surface area contributed by atoms with Gasteiger partial charge in [0.05, 0.1) is 197 Å². The van der Waals surface area contributed by atoms with Crippen LogP contribution in [0.4, 0.5) is 0 Å². The van der Waals surface area contributed by atoms with Gasteiger partial charge in [-0.25, -0.2) is 0 Å². The molecule has 60 heavy (non-hydrogen) atoms. The van der Waals surface area contributed by atoms with Crippen molar-refractivity contribution in [3.63, 3.8) is 0 Å². The van der Waals surface area contributed by atoms with E-state index < -0.39 is 32.3 Å². The van der Waals surface area contributed by atoms with Crippen molar-refractivity contribution < 1.29 is 38.4 Å². The fourth-order valence-corrected chi connectivity index (χ4v) is 15.9. The van der Waals surface area contributed by atoms with Gasteiger partial charge < -0.3 is 0 Å². The first-order chi connectivity index (χ1) is 26.9. The highest BCUT2D eigenvalue weighted by Crippen LogP contribution is 2.65. The van der Waals surface area contributed by atoms with E-state index in [1.807, 2.05) is 6.66 Å². The molecular weight excluding hydrogens is 987 g/mol. The van der Waals surface area contributed by atoms with E-state index in [-0.39, 0.29) is 46.3 Å². The molecule has 330 valence electrons. The molecule has 0 bridgehead atoms. The molecule has 0 N–H and O–H groups in total. The molecule has 0 fully saturated rings. The van der Waals surface area contributed by atoms with Crippen LogP contribution in [0.25, 0.3) is 0 Å². The molecule has 0 aromatic carbocycles. The van der Waals surface area contributed by atoms with Crippen molar-refractivity contribution >= 4 is 156 Å². The number of rotatable bonds is 8. The van der Waals surface area contributed by atoms with Gasteiger partial charge in [0, 0.05) is 36.6 Å². The van der Waals surface area contributed by atoms with Gasteiger partial charge in [0.2, 0.25) is 0 Å². The van der Waals surface area contributed by atoms with E-state index in [0.717, 1.165) is 7.36 Å². The molecule has 0 heterocycles. The van der Waals surface area contributed by atoms with Crippen LogP contribution in [-0.2, 0) is 50.2 Å². The molecule has 0 aromatic heterocycles. The Morgan fingerprint density at radius 1 is 0.383 bits per heavy atom. The predicted octanol–water partition coefficient (Wildman–Crippen LogP) is 11.3. The second-order valence-electron chi connectivity index (χ2n) is 16.5. The molecular formula is C40H61O8P6S6+5. The molecule has 0 radical (unpaired) electrons. The Morgan fingerprint density at radius 3 is 0.633 bits per heavy atom. The second kappa shape index (κ2) is 28.6. The summed E-state index contributed by atoms with van der Waals surface area (Å²) in [4.78, 5) is 91.5. The molecule has 4 rings (SSSR count). The number of carbonyl (C=O) groups is 8. The van der Waals surface area contributed by atoms with Gasteiger partial charge in [-0.15, -0.1) is 0 Å². The largest absolute Gasteiger partial charge is 0.290 e. The number of thiol groups is 1. The monoisotopic (exact) mass is 1050 g/mol. The summed E-state index contributed by atoms with van der Waals surface area (Å²) in [6.45, 7) is 28.7. The zero-order chi connectivity index (χ0) is 47.4. The summed E-state index contributed by atoms with van der Waals surface area (Å²) in [6, 6.07) is 0. The van der Waals surface area contributed by atoms with Crippen LogP contribution in [0.3, 0.4) is 0 Å². The maximum Gasteiger partial charge on any atom is 0.195 e. The fraction of sp³-hybridized carbons (Fsp3) is 0.400. The van der Waals surface area contributed by atoms with E-state index in [9.17, 15) is 38.4 Å². The molecule has 0 aliphatic heterocycles. The highest BCUT2D eigenvalue weighted by atomic mass is 32.7. The second-order valence-corrected chi connectivity index (χ2v) is 58.4. The number of carbonyl (C=O) groups excluding carboxylic acids is 8. The Morgan fingerprint density at radius 2 is 0.517 bits per heavy atom. The van der Waals surface area contributed by atoms with Crippen LogP contribution < -0.4 is 0 Å². The average molecular weight is 1050 g/mol. The normalized spacial score (nSPS) is 16.6. The SMILES string of the molecule is CP=S.C[P+](C)(C)S.C[P+](C)(C)SC1=CC(=O)C=CC1=O.C[P+](C)(C)SC1=CC(=O)C=CC1=O.C[P+](C)(C)SC1=CC(=O)C=CC1=O.C[P+](C)(C)SC1=CC(=O)C=CC1=O. The molecule has 0 amide bonds. The van der Waals surface area contributed by atoms with Gasteiger partial charge in [-0.05, 0) is 62.6 Å². The molecule has 8 nitrogen and oxygen atoms in total. The average Bonchev–Trinajstić information content (AvgIpc) is 3.02. The molecule has 0 unspecified atom stereocenters. The van der Waals surface area contributed by atoms with Gasteiger partial charge in [0.1, 0.15) is 0 Å². The summed E-state index contributed by atoms with van der Waals surface area (Å²) in [5, 5.41) is 0. The zero-order valence-corrected chi connectivity index (χ0v) is 47.7. The maximum absolute atomic E-state index is 11.3. The van der Waals surface area contributed by atoms with Crippen LogP contribution in [0.1, 0.15) is 0 Å². The minimum Gasteiger partial charge on any atom is -0.290 e.